The molecule has 1 aromatic rings. The number of sulfonamides is 1. The van der Waals surface area contributed by atoms with E-state index in [0.29, 0.717) is 0 Å². The zero-order chi connectivity index (χ0) is 19.4. The summed E-state index contributed by atoms with van der Waals surface area (Å²) in [5.41, 5.74) is 1.35. The fourth-order valence-electron chi connectivity index (χ4n) is 1.88. The van der Waals surface area contributed by atoms with E-state index in [9.17, 15) is 18.0 Å². The van der Waals surface area contributed by atoms with Gasteiger partial charge in [0.2, 0.25) is 10.0 Å². The van der Waals surface area contributed by atoms with Crippen LogP contribution in [0.25, 0.3) is 0 Å². The van der Waals surface area contributed by atoms with Crippen molar-refractivity contribution < 1.29 is 22.7 Å². The van der Waals surface area contributed by atoms with Crippen LogP contribution in [0, 0.1) is 13.8 Å². The number of hydrogen-bond acceptors (Lipinski definition) is 5. The van der Waals surface area contributed by atoms with Crippen LogP contribution >= 0.6 is 0 Å². The first-order valence-corrected chi connectivity index (χ1v) is 9.38. The third-order valence-corrected chi connectivity index (χ3v) is 4.77. The van der Waals surface area contributed by atoms with Gasteiger partial charge in [0.25, 0.3) is 5.91 Å². The summed E-state index contributed by atoms with van der Waals surface area (Å²) in [7, 11) is -3.83. The lowest BCUT2D eigenvalue weighted by Crippen LogP contribution is -2.46. The molecule has 140 valence electrons. The molecule has 8 heteroatoms. The lowest BCUT2D eigenvalue weighted by molar-refractivity contribution is -0.154. The molecule has 1 atom stereocenters. The molecule has 1 aromatic carbocycles. The number of aryl methyl sites for hydroxylation is 2. The minimum absolute atomic E-state index is 0.0712. The second-order valence-corrected chi connectivity index (χ2v) is 8.71. The maximum atomic E-state index is 12.2. The van der Waals surface area contributed by atoms with Gasteiger partial charge in [-0.15, -0.1) is 0 Å². The van der Waals surface area contributed by atoms with Gasteiger partial charge in [-0.05, 0) is 64.8 Å². The first-order valence-electron chi connectivity index (χ1n) is 7.90. The molecule has 0 radical (unpaired) electrons. The molecule has 0 heterocycles. The number of carbonyl (C=O) groups excluding carboxylic acids is 2. The summed E-state index contributed by atoms with van der Waals surface area (Å²) in [6.07, 6.45) is -1.02. The molecular formula is C17H26N2O5S. The van der Waals surface area contributed by atoms with Gasteiger partial charge in [-0.3, -0.25) is 9.59 Å². The van der Waals surface area contributed by atoms with Gasteiger partial charge >= 0.3 is 5.97 Å². The average Bonchev–Trinajstić information content (AvgIpc) is 2.46. The third kappa shape index (κ3) is 6.83. The minimum atomic E-state index is -3.83. The molecule has 0 aromatic heterocycles. The van der Waals surface area contributed by atoms with Gasteiger partial charge in [-0.25, -0.2) is 8.42 Å². The average molecular weight is 370 g/mol. The number of amides is 1. The molecule has 0 aliphatic rings. The predicted molar refractivity (Wildman–Crippen MR) is 94.6 cm³/mol. The Kier molecular flexibility index (Phi) is 6.73. The highest BCUT2D eigenvalue weighted by molar-refractivity contribution is 7.89. The molecule has 0 unspecified atom stereocenters. The van der Waals surface area contributed by atoms with Crippen LogP contribution in [0.5, 0.6) is 0 Å². The van der Waals surface area contributed by atoms with Gasteiger partial charge in [0.1, 0.15) is 6.54 Å². The van der Waals surface area contributed by atoms with Gasteiger partial charge in [-0.1, -0.05) is 6.07 Å². The van der Waals surface area contributed by atoms with E-state index in [0.717, 1.165) is 11.1 Å². The van der Waals surface area contributed by atoms with Crippen LogP contribution in [-0.2, 0) is 24.3 Å². The summed E-state index contributed by atoms with van der Waals surface area (Å²) in [6, 6.07) is 4.69. The summed E-state index contributed by atoms with van der Waals surface area (Å²) in [5.74, 6) is -1.28. The Hall–Kier alpha value is -1.93. The van der Waals surface area contributed by atoms with Crippen LogP contribution in [0.3, 0.4) is 0 Å². The van der Waals surface area contributed by atoms with E-state index in [2.05, 4.69) is 10.0 Å². The van der Waals surface area contributed by atoms with E-state index >= 15 is 0 Å². The molecule has 0 aliphatic heterocycles. The maximum Gasteiger partial charge on any atom is 0.321 e. The van der Waals surface area contributed by atoms with Crippen LogP contribution < -0.4 is 10.0 Å². The largest absolute Gasteiger partial charge is 0.452 e. The quantitative estimate of drug-likeness (QED) is 0.738. The lowest BCUT2D eigenvalue weighted by atomic mass is 10.1. The zero-order valence-corrected chi connectivity index (χ0v) is 16.3. The molecule has 0 fully saturated rings. The predicted octanol–water partition coefficient (Wildman–Crippen LogP) is 1.43. The van der Waals surface area contributed by atoms with E-state index < -0.39 is 40.1 Å². The second kappa shape index (κ2) is 7.97. The van der Waals surface area contributed by atoms with Gasteiger partial charge < -0.3 is 10.1 Å². The molecule has 25 heavy (non-hydrogen) atoms. The topological polar surface area (TPSA) is 102 Å². The highest BCUT2D eigenvalue weighted by Crippen LogP contribution is 2.14. The number of nitrogens with one attached hydrogen (secondary N) is 2. The van der Waals surface area contributed by atoms with Crippen LogP contribution in [0.2, 0.25) is 0 Å². The molecular weight excluding hydrogens is 344 g/mol. The van der Waals surface area contributed by atoms with E-state index in [1.807, 2.05) is 6.92 Å². The van der Waals surface area contributed by atoms with E-state index in [1.165, 1.54) is 19.1 Å². The Morgan fingerprint density at radius 2 is 1.76 bits per heavy atom. The Morgan fingerprint density at radius 3 is 2.28 bits per heavy atom. The van der Waals surface area contributed by atoms with Crippen molar-refractivity contribution in [1.82, 2.24) is 10.0 Å². The minimum Gasteiger partial charge on any atom is -0.452 e. The molecule has 1 amide bonds. The van der Waals surface area contributed by atoms with Crippen molar-refractivity contribution in [2.75, 3.05) is 6.54 Å². The number of benzene rings is 1. The van der Waals surface area contributed by atoms with Crippen molar-refractivity contribution in [3.8, 4) is 0 Å². The van der Waals surface area contributed by atoms with E-state index in [1.54, 1.807) is 33.8 Å². The molecule has 0 saturated heterocycles. The van der Waals surface area contributed by atoms with Gasteiger partial charge in [-0.2, -0.15) is 4.72 Å². The van der Waals surface area contributed by atoms with Crippen molar-refractivity contribution in [3.63, 3.8) is 0 Å². The van der Waals surface area contributed by atoms with Crippen LogP contribution in [0.15, 0.2) is 23.1 Å². The van der Waals surface area contributed by atoms with Crippen molar-refractivity contribution in [2.45, 2.75) is 58.1 Å². The summed E-state index contributed by atoms with van der Waals surface area (Å²) in [5, 5.41) is 2.68. The molecule has 0 bridgehead atoms. The Bertz CT molecular complexity index is 751. The Labute approximate surface area is 149 Å². The first-order chi connectivity index (χ1) is 11.3. The molecule has 2 N–H and O–H groups in total. The lowest BCUT2D eigenvalue weighted by Gasteiger charge is -2.23. The monoisotopic (exact) mass is 370 g/mol. The maximum absolute atomic E-state index is 12.2. The molecule has 0 saturated carbocycles. The van der Waals surface area contributed by atoms with Crippen LogP contribution in [0.4, 0.5) is 0 Å². The highest BCUT2D eigenvalue weighted by Gasteiger charge is 2.23. The first kappa shape index (κ1) is 21.1. The van der Waals surface area contributed by atoms with Crippen molar-refractivity contribution in [1.29, 1.82) is 0 Å². The van der Waals surface area contributed by atoms with E-state index in [4.69, 9.17) is 4.74 Å². The number of hydrogen-bond donors (Lipinski definition) is 2. The number of carbonyl (C=O) groups is 2. The Morgan fingerprint density at radius 1 is 1.16 bits per heavy atom. The molecule has 1 rings (SSSR count). The summed E-state index contributed by atoms with van der Waals surface area (Å²) >= 11 is 0. The van der Waals surface area contributed by atoms with Crippen molar-refractivity contribution in [3.05, 3.63) is 29.3 Å². The fraction of sp³-hybridized carbons (Fsp3) is 0.529. The third-order valence-electron chi connectivity index (χ3n) is 3.37. The molecule has 0 aliphatic carbocycles. The van der Waals surface area contributed by atoms with Crippen molar-refractivity contribution in [2.24, 2.45) is 0 Å². The van der Waals surface area contributed by atoms with Crippen LogP contribution in [-0.4, -0.2) is 38.5 Å². The molecule has 7 nitrogen and oxygen atoms in total. The van der Waals surface area contributed by atoms with Crippen molar-refractivity contribution >= 4 is 21.9 Å². The molecule has 0 spiro atoms. The second-order valence-electron chi connectivity index (χ2n) is 6.94. The van der Waals surface area contributed by atoms with Gasteiger partial charge in [0.05, 0.1) is 4.90 Å². The van der Waals surface area contributed by atoms with Gasteiger partial charge in [0.15, 0.2) is 6.10 Å². The number of ether oxygens (including phenoxy) is 1. The summed E-state index contributed by atoms with van der Waals surface area (Å²) in [6.45, 7) is 9.96. The number of esters is 1. The SMILES string of the molecule is Cc1ccc(S(=O)(=O)NCC(=O)O[C@@H](C)C(=O)NC(C)(C)C)cc1C. The summed E-state index contributed by atoms with van der Waals surface area (Å²) < 4.78 is 31.6. The Balaban J connectivity index is 2.63. The fourth-order valence-corrected chi connectivity index (χ4v) is 2.94. The zero-order valence-electron chi connectivity index (χ0n) is 15.5. The summed E-state index contributed by atoms with van der Waals surface area (Å²) in [4.78, 5) is 23.7. The van der Waals surface area contributed by atoms with Crippen LogP contribution in [0.1, 0.15) is 38.8 Å². The van der Waals surface area contributed by atoms with Gasteiger partial charge in [0, 0.05) is 5.54 Å². The number of rotatable bonds is 6. The highest BCUT2D eigenvalue weighted by atomic mass is 32.2. The standard InChI is InChI=1S/C17H26N2O5S/c1-11-7-8-14(9-12(11)2)25(22,23)18-10-15(20)24-13(3)16(21)19-17(4,5)6/h7-9,13,18H,10H2,1-6H3,(H,19,21)/t13-/m0/s1. The van der Waals surface area contributed by atoms with E-state index in [-0.39, 0.29) is 4.90 Å². The normalized spacial score (nSPS) is 13.2. The smallest absolute Gasteiger partial charge is 0.321 e.